The van der Waals surface area contributed by atoms with Gasteiger partial charge in [-0.1, -0.05) is 108 Å². The summed E-state index contributed by atoms with van der Waals surface area (Å²) >= 11 is 0. The third-order valence-corrected chi connectivity index (χ3v) is 9.17. The monoisotopic (exact) mass is 444 g/mol. The van der Waals surface area contributed by atoms with E-state index in [1.807, 2.05) is 0 Å². The molecule has 0 bridgehead atoms. The van der Waals surface area contributed by atoms with Crippen LogP contribution >= 0.6 is 0 Å². The Kier molecular flexibility index (Phi) is 9.10. The maximum Gasteiger partial charge on any atom is -0.0162 e. The molecule has 0 aliphatic heterocycles. The average molecular weight is 445 g/mol. The minimum Gasteiger partial charge on any atom is -0.0654 e. The highest BCUT2D eigenvalue weighted by atomic mass is 14.3. The zero-order chi connectivity index (χ0) is 23.0. The molecule has 180 valence electrons. The maximum absolute atomic E-state index is 2.42. The van der Waals surface area contributed by atoms with Crippen molar-refractivity contribution >= 4 is 0 Å². The predicted molar refractivity (Wildman–Crippen MR) is 145 cm³/mol. The Morgan fingerprint density at radius 2 is 1.15 bits per heavy atom. The van der Waals surface area contributed by atoms with Gasteiger partial charge in [0, 0.05) is 0 Å². The van der Waals surface area contributed by atoms with Crippen LogP contribution in [0.2, 0.25) is 0 Å². The van der Waals surface area contributed by atoms with Crippen molar-refractivity contribution in [3.63, 3.8) is 0 Å². The van der Waals surface area contributed by atoms with Crippen LogP contribution in [0.4, 0.5) is 0 Å². The van der Waals surface area contributed by atoms with Gasteiger partial charge in [-0.2, -0.15) is 0 Å². The molecule has 2 aromatic rings. The van der Waals surface area contributed by atoms with Gasteiger partial charge in [0.15, 0.2) is 0 Å². The summed E-state index contributed by atoms with van der Waals surface area (Å²) in [4.78, 5) is 0. The van der Waals surface area contributed by atoms with E-state index in [9.17, 15) is 0 Å². The van der Waals surface area contributed by atoms with E-state index in [1.165, 1.54) is 94.6 Å². The van der Waals surface area contributed by atoms with Gasteiger partial charge in [0.25, 0.3) is 0 Å². The van der Waals surface area contributed by atoms with Gasteiger partial charge in [-0.15, -0.1) is 0 Å². The molecule has 0 saturated heterocycles. The third kappa shape index (κ3) is 6.74. The summed E-state index contributed by atoms with van der Waals surface area (Å²) in [6.07, 6.45) is 18.3. The first kappa shape index (κ1) is 24.6. The van der Waals surface area contributed by atoms with Gasteiger partial charge in [0.2, 0.25) is 0 Å². The van der Waals surface area contributed by atoms with Crippen LogP contribution in [-0.4, -0.2) is 0 Å². The Morgan fingerprint density at radius 3 is 1.61 bits per heavy atom. The normalized spacial score (nSPS) is 26.8. The Labute approximate surface area is 204 Å². The topological polar surface area (TPSA) is 0 Å². The minimum atomic E-state index is 0.780. The maximum atomic E-state index is 2.42. The van der Waals surface area contributed by atoms with Crippen LogP contribution in [-0.2, 0) is 0 Å². The molecule has 0 spiro atoms. The highest BCUT2D eigenvalue weighted by Crippen LogP contribution is 2.40. The standard InChI is InChI=1S/C33H48/c1-4-6-7-26(5-2)24-27-10-14-29(15-11-27)31-18-22-33(23-19-31)32-20-16-30(17-21-32)28-12-8-25(3)9-13-28/h16-23,25-29H,4-15,24H2,1-3H3/t25-,26?,27-,28-,29-. The van der Waals surface area contributed by atoms with Gasteiger partial charge < -0.3 is 0 Å². The van der Waals surface area contributed by atoms with Gasteiger partial charge in [0.1, 0.15) is 0 Å². The highest BCUT2D eigenvalue weighted by Gasteiger charge is 2.24. The molecule has 2 saturated carbocycles. The van der Waals surface area contributed by atoms with E-state index in [2.05, 4.69) is 69.3 Å². The van der Waals surface area contributed by atoms with Crippen LogP contribution in [0.25, 0.3) is 11.1 Å². The molecule has 0 radical (unpaired) electrons. The first-order chi connectivity index (χ1) is 16.2. The van der Waals surface area contributed by atoms with E-state index in [0.29, 0.717) is 0 Å². The van der Waals surface area contributed by atoms with Crippen LogP contribution < -0.4 is 0 Å². The number of rotatable bonds is 9. The summed E-state index contributed by atoms with van der Waals surface area (Å²) in [6, 6.07) is 19.1. The van der Waals surface area contributed by atoms with Gasteiger partial charge >= 0.3 is 0 Å². The molecule has 2 aromatic carbocycles. The minimum absolute atomic E-state index is 0.780. The Morgan fingerprint density at radius 1 is 0.667 bits per heavy atom. The van der Waals surface area contributed by atoms with E-state index in [1.54, 1.807) is 11.1 Å². The fraction of sp³-hybridized carbons (Fsp3) is 0.636. The Bertz CT molecular complexity index is 798. The van der Waals surface area contributed by atoms with E-state index >= 15 is 0 Å². The molecule has 2 aliphatic carbocycles. The first-order valence-electron chi connectivity index (χ1n) is 14.4. The van der Waals surface area contributed by atoms with Crippen LogP contribution in [0, 0.1) is 17.8 Å². The van der Waals surface area contributed by atoms with Gasteiger partial charge in [-0.05, 0) is 96.8 Å². The van der Waals surface area contributed by atoms with Crippen LogP contribution in [0.1, 0.15) is 127 Å². The zero-order valence-corrected chi connectivity index (χ0v) is 21.7. The molecule has 0 heteroatoms. The summed E-state index contributed by atoms with van der Waals surface area (Å²) in [7, 11) is 0. The van der Waals surface area contributed by atoms with Crippen molar-refractivity contribution in [3.8, 4) is 11.1 Å². The number of hydrogen-bond donors (Lipinski definition) is 0. The second-order valence-corrected chi connectivity index (χ2v) is 11.6. The average Bonchev–Trinajstić information content (AvgIpc) is 2.88. The largest absolute Gasteiger partial charge is 0.0654 e. The van der Waals surface area contributed by atoms with Crippen molar-refractivity contribution in [1.29, 1.82) is 0 Å². The third-order valence-electron chi connectivity index (χ3n) is 9.17. The smallest absolute Gasteiger partial charge is 0.0162 e. The van der Waals surface area contributed by atoms with E-state index in [-0.39, 0.29) is 0 Å². The predicted octanol–water partition coefficient (Wildman–Crippen LogP) is 10.5. The van der Waals surface area contributed by atoms with Gasteiger partial charge in [0.05, 0.1) is 0 Å². The number of benzene rings is 2. The highest BCUT2D eigenvalue weighted by molar-refractivity contribution is 5.64. The molecule has 1 unspecified atom stereocenters. The first-order valence-corrected chi connectivity index (χ1v) is 14.4. The molecule has 0 heterocycles. The molecule has 0 N–H and O–H groups in total. The van der Waals surface area contributed by atoms with Crippen LogP contribution in [0.15, 0.2) is 48.5 Å². The quantitative estimate of drug-likeness (QED) is 0.361. The molecular weight excluding hydrogens is 396 g/mol. The van der Waals surface area contributed by atoms with E-state index < -0.39 is 0 Å². The SMILES string of the molecule is CCCCC(CC)C[C@H]1CC[C@H](c2ccc(-c3ccc([C@H]4CC[C@H](C)CC4)cc3)cc2)CC1. The molecular formula is C33H48. The fourth-order valence-electron chi connectivity index (χ4n) is 6.67. The van der Waals surface area contributed by atoms with Crippen molar-refractivity contribution in [2.75, 3.05) is 0 Å². The van der Waals surface area contributed by atoms with Crippen molar-refractivity contribution < 1.29 is 0 Å². The fourth-order valence-corrected chi connectivity index (χ4v) is 6.67. The van der Waals surface area contributed by atoms with Crippen molar-refractivity contribution in [3.05, 3.63) is 59.7 Å². The molecule has 2 aliphatic rings. The van der Waals surface area contributed by atoms with E-state index in [4.69, 9.17) is 0 Å². The van der Waals surface area contributed by atoms with Crippen LogP contribution in [0.3, 0.4) is 0 Å². The molecule has 4 rings (SSSR count). The number of unbranched alkanes of at least 4 members (excludes halogenated alkanes) is 1. The van der Waals surface area contributed by atoms with Gasteiger partial charge in [-0.25, -0.2) is 0 Å². The Hall–Kier alpha value is -1.56. The second kappa shape index (κ2) is 12.2. The second-order valence-electron chi connectivity index (χ2n) is 11.6. The van der Waals surface area contributed by atoms with E-state index in [0.717, 1.165) is 29.6 Å². The van der Waals surface area contributed by atoms with Crippen LogP contribution in [0.5, 0.6) is 0 Å². The van der Waals surface area contributed by atoms with Crippen molar-refractivity contribution in [1.82, 2.24) is 0 Å². The molecule has 0 amide bonds. The summed E-state index contributed by atoms with van der Waals surface area (Å²) in [5, 5.41) is 0. The zero-order valence-electron chi connectivity index (χ0n) is 21.7. The summed E-state index contributed by atoms with van der Waals surface area (Å²) in [5.41, 5.74) is 5.87. The molecule has 0 nitrogen and oxygen atoms in total. The summed E-state index contributed by atoms with van der Waals surface area (Å²) < 4.78 is 0. The number of hydrogen-bond acceptors (Lipinski definition) is 0. The molecule has 33 heavy (non-hydrogen) atoms. The summed E-state index contributed by atoms with van der Waals surface area (Å²) in [5.74, 6) is 4.44. The van der Waals surface area contributed by atoms with Gasteiger partial charge in [-0.3, -0.25) is 0 Å². The summed E-state index contributed by atoms with van der Waals surface area (Å²) in [6.45, 7) is 7.14. The Balaban J connectivity index is 1.29. The van der Waals surface area contributed by atoms with Crippen molar-refractivity contribution in [2.24, 2.45) is 17.8 Å². The lowest BCUT2D eigenvalue weighted by molar-refractivity contribution is 0.256. The lowest BCUT2D eigenvalue weighted by Gasteiger charge is -2.31. The molecule has 2 fully saturated rings. The lowest BCUT2D eigenvalue weighted by atomic mass is 9.74. The van der Waals surface area contributed by atoms with Crippen molar-refractivity contribution in [2.45, 2.75) is 116 Å². The molecule has 1 atom stereocenters. The lowest BCUT2D eigenvalue weighted by Crippen LogP contribution is -2.16. The molecule has 0 aromatic heterocycles.